The smallest absolute Gasteiger partial charge is 0.166 e. The van der Waals surface area contributed by atoms with Gasteiger partial charge >= 0.3 is 0 Å². The largest absolute Gasteiger partial charge is 0.271 e. The van der Waals surface area contributed by atoms with Crippen molar-refractivity contribution in [3.63, 3.8) is 0 Å². The Morgan fingerprint density at radius 3 is 2.54 bits per heavy atom. The Bertz CT molecular complexity index is 666. The molecular formula is C22H32F2N2. The fraction of sp³-hybridized carbons (Fsp3) is 0.636. The van der Waals surface area contributed by atoms with Crippen molar-refractivity contribution in [1.82, 2.24) is 5.43 Å². The van der Waals surface area contributed by atoms with Gasteiger partial charge in [0, 0.05) is 11.6 Å². The van der Waals surface area contributed by atoms with Crippen molar-refractivity contribution in [2.45, 2.75) is 65.3 Å². The van der Waals surface area contributed by atoms with E-state index in [-0.39, 0.29) is 0 Å². The summed E-state index contributed by atoms with van der Waals surface area (Å²) < 4.78 is 28.2. The van der Waals surface area contributed by atoms with E-state index in [9.17, 15) is 8.78 Å². The van der Waals surface area contributed by atoms with Crippen LogP contribution in [0.2, 0.25) is 0 Å². The fourth-order valence-electron chi connectivity index (χ4n) is 5.06. The van der Waals surface area contributed by atoms with Crippen LogP contribution in [0, 0.1) is 42.2 Å². The normalized spacial score (nSPS) is 30.8. The van der Waals surface area contributed by atoms with E-state index in [4.69, 9.17) is 5.84 Å². The maximum Gasteiger partial charge on any atom is 0.166 e. The zero-order valence-electron chi connectivity index (χ0n) is 16.2. The Labute approximate surface area is 156 Å². The Balaban J connectivity index is 1.69. The van der Waals surface area contributed by atoms with Crippen molar-refractivity contribution in [1.29, 1.82) is 0 Å². The zero-order valence-corrected chi connectivity index (χ0v) is 16.2. The second-order valence-electron chi connectivity index (χ2n) is 8.49. The van der Waals surface area contributed by atoms with E-state index in [0.29, 0.717) is 40.8 Å². The maximum absolute atomic E-state index is 14.3. The minimum Gasteiger partial charge on any atom is -0.271 e. The minimum atomic E-state index is -0.710. The molecule has 0 bridgehead atoms. The molecule has 3 rings (SSSR count). The Morgan fingerprint density at radius 2 is 1.88 bits per heavy atom. The van der Waals surface area contributed by atoms with E-state index >= 15 is 0 Å². The lowest BCUT2D eigenvalue weighted by Crippen LogP contribution is -2.44. The average Bonchev–Trinajstić information content (AvgIpc) is 2.66. The molecule has 1 saturated carbocycles. The molecule has 0 amide bonds. The molecule has 0 heterocycles. The van der Waals surface area contributed by atoms with Gasteiger partial charge in [-0.05, 0) is 80.8 Å². The molecule has 0 spiro atoms. The highest BCUT2D eigenvalue weighted by Gasteiger charge is 2.35. The van der Waals surface area contributed by atoms with Crippen LogP contribution >= 0.6 is 0 Å². The van der Waals surface area contributed by atoms with Crippen LogP contribution in [0.15, 0.2) is 18.2 Å². The van der Waals surface area contributed by atoms with Gasteiger partial charge in [0.2, 0.25) is 0 Å². The van der Waals surface area contributed by atoms with Crippen molar-refractivity contribution in [3.8, 4) is 0 Å². The summed E-state index contributed by atoms with van der Waals surface area (Å²) in [5.74, 6) is 6.97. The highest BCUT2D eigenvalue weighted by atomic mass is 19.2. The third kappa shape index (κ3) is 3.86. The number of hydrazine groups is 1. The molecule has 5 unspecified atom stereocenters. The second kappa shape index (κ2) is 8.18. The zero-order chi connectivity index (χ0) is 18.8. The number of hydrogen-bond donors (Lipinski definition) is 2. The molecule has 2 aliphatic carbocycles. The number of hydrogen-bond acceptors (Lipinski definition) is 2. The van der Waals surface area contributed by atoms with Gasteiger partial charge in [-0.25, -0.2) is 8.78 Å². The van der Waals surface area contributed by atoms with Gasteiger partial charge in [0.25, 0.3) is 0 Å². The lowest BCUT2D eigenvalue weighted by molar-refractivity contribution is 0.115. The number of aryl methyl sites for hydroxylation is 1. The highest BCUT2D eigenvalue weighted by Crippen LogP contribution is 2.44. The highest BCUT2D eigenvalue weighted by molar-refractivity contribution is 5.67. The molecule has 0 saturated heterocycles. The van der Waals surface area contributed by atoms with Crippen molar-refractivity contribution in [2.75, 3.05) is 0 Å². The summed E-state index contributed by atoms with van der Waals surface area (Å²) in [6.07, 6.45) is 8.78. The first kappa shape index (κ1) is 19.5. The van der Waals surface area contributed by atoms with Crippen LogP contribution in [-0.4, -0.2) is 6.04 Å². The van der Waals surface area contributed by atoms with Crippen molar-refractivity contribution in [3.05, 3.63) is 41.0 Å². The summed E-state index contributed by atoms with van der Waals surface area (Å²) in [6, 6.07) is 3.74. The molecule has 1 aromatic carbocycles. The summed E-state index contributed by atoms with van der Waals surface area (Å²) in [5.41, 5.74) is 4.73. The minimum absolute atomic E-state index is 0.340. The van der Waals surface area contributed by atoms with Crippen molar-refractivity contribution < 1.29 is 8.78 Å². The van der Waals surface area contributed by atoms with Gasteiger partial charge in [0.05, 0.1) is 0 Å². The number of nitrogens with two attached hydrogens (primary N) is 1. The predicted molar refractivity (Wildman–Crippen MR) is 103 cm³/mol. The number of halogens is 2. The summed E-state index contributed by atoms with van der Waals surface area (Å²) in [4.78, 5) is 0. The molecule has 0 aromatic heterocycles. The first-order chi connectivity index (χ1) is 12.4. The summed E-state index contributed by atoms with van der Waals surface area (Å²) in [7, 11) is 0. The van der Waals surface area contributed by atoms with Crippen LogP contribution in [0.4, 0.5) is 8.78 Å². The molecule has 2 nitrogen and oxygen atoms in total. The Morgan fingerprint density at radius 1 is 1.12 bits per heavy atom. The van der Waals surface area contributed by atoms with Crippen LogP contribution in [0.1, 0.15) is 63.5 Å². The van der Waals surface area contributed by atoms with Gasteiger partial charge in [0.1, 0.15) is 0 Å². The fourth-order valence-corrected chi connectivity index (χ4v) is 5.06. The third-order valence-electron chi connectivity index (χ3n) is 6.94. The van der Waals surface area contributed by atoms with Crippen LogP contribution < -0.4 is 11.3 Å². The first-order valence-corrected chi connectivity index (χ1v) is 10.0. The number of rotatable bonds is 4. The molecular weight excluding hydrogens is 330 g/mol. The van der Waals surface area contributed by atoms with Gasteiger partial charge in [-0.1, -0.05) is 31.6 Å². The van der Waals surface area contributed by atoms with Crippen LogP contribution in [0.25, 0.3) is 5.57 Å². The third-order valence-corrected chi connectivity index (χ3v) is 6.94. The number of allylic oxidation sites excluding steroid dienone is 2. The molecule has 26 heavy (non-hydrogen) atoms. The van der Waals surface area contributed by atoms with E-state index < -0.39 is 11.6 Å². The first-order valence-electron chi connectivity index (χ1n) is 10.0. The van der Waals surface area contributed by atoms with Crippen LogP contribution in [0.5, 0.6) is 0 Å². The predicted octanol–water partition coefficient (Wildman–Crippen LogP) is 5.36. The van der Waals surface area contributed by atoms with Crippen LogP contribution in [0.3, 0.4) is 0 Å². The van der Waals surface area contributed by atoms with Gasteiger partial charge in [0.15, 0.2) is 11.6 Å². The van der Waals surface area contributed by atoms with Crippen molar-refractivity contribution >= 4 is 5.57 Å². The summed E-state index contributed by atoms with van der Waals surface area (Å²) >= 11 is 0. The van der Waals surface area contributed by atoms with E-state index in [1.165, 1.54) is 19.3 Å². The Kier molecular flexibility index (Phi) is 6.13. The molecule has 4 heteroatoms. The second-order valence-corrected chi connectivity index (χ2v) is 8.49. The van der Waals surface area contributed by atoms with E-state index in [1.807, 2.05) is 0 Å². The molecule has 0 radical (unpaired) electrons. The molecule has 1 aromatic rings. The SMILES string of the molecule is Cc1ccc(C2=CCC(C3CCC(C)C(C(C)NN)C3)CC2)c(F)c1F. The van der Waals surface area contributed by atoms with Gasteiger partial charge in [-0.15, -0.1) is 0 Å². The van der Waals surface area contributed by atoms with Crippen LogP contribution in [-0.2, 0) is 0 Å². The topological polar surface area (TPSA) is 38.0 Å². The number of benzene rings is 1. The number of nitrogens with one attached hydrogen (secondary N) is 1. The standard InChI is InChI=1S/C22H32F2N2/c1-13-4-6-18(12-20(13)15(3)26-25)16-7-9-17(10-8-16)19-11-5-14(2)21(23)22(19)24/h5,9,11,13,15-16,18,20,26H,4,6-8,10,12,25H2,1-3H3. The molecule has 5 atom stereocenters. The van der Waals surface area contributed by atoms with E-state index in [1.54, 1.807) is 19.1 Å². The average molecular weight is 363 g/mol. The molecule has 2 aliphatic rings. The monoisotopic (exact) mass is 362 g/mol. The summed E-state index contributed by atoms with van der Waals surface area (Å²) in [6.45, 7) is 6.12. The lowest BCUT2D eigenvalue weighted by atomic mass is 9.66. The quantitative estimate of drug-likeness (QED) is 0.559. The lowest BCUT2D eigenvalue weighted by Gasteiger charge is -2.41. The summed E-state index contributed by atoms with van der Waals surface area (Å²) in [5, 5.41) is 0. The van der Waals surface area contributed by atoms with E-state index in [2.05, 4.69) is 25.3 Å². The molecule has 1 fully saturated rings. The van der Waals surface area contributed by atoms with Gasteiger partial charge in [-0.2, -0.15) is 0 Å². The Hall–Kier alpha value is -1.26. The maximum atomic E-state index is 14.3. The van der Waals surface area contributed by atoms with Gasteiger partial charge < -0.3 is 0 Å². The van der Waals surface area contributed by atoms with Gasteiger partial charge in [-0.3, -0.25) is 11.3 Å². The molecule has 144 valence electrons. The molecule has 0 aliphatic heterocycles. The molecule has 3 N–H and O–H groups in total. The van der Waals surface area contributed by atoms with Crippen molar-refractivity contribution in [2.24, 2.45) is 29.5 Å². The van der Waals surface area contributed by atoms with E-state index in [0.717, 1.165) is 24.8 Å².